The van der Waals surface area contributed by atoms with Crippen molar-refractivity contribution in [2.45, 2.75) is 6.92 Å². The van der Waals surface area contributed by atoms with Crippen molar-refractivity contribution in [2.75, 3.05) is 0 Å². The number of carboxylic acid groups (broad SMARTS) is 1. The first-order valence-corrected chi connectivity index (χ1v) is 3.02. The minimum Gasteiger partial charge on any atom is -0.481 e. The Kier molecular flexibility index (Phi) is 21.1. The summed E-state index contributed by atoms with van der Waals surface area (Å²) in [6.45, 7) is 1.08. The molecule has 0 heterocycles. The summed E-state index contributed by atoms with van der Waals surface area (Å²) in [4.78, 5) is 9.00. The average molecular weight is 276 g/mol. The summed E-state index contributed by atoms with van der Waals surface area (Å²) in [7, 11) is -4.67. The second-order valence-corrected chi connectivity index (χ2v) is 1.86. The third-order valence-corrected chi connectivity index (χ3v) is 0. The predicted octanol–water partition coefficient (Wildman–Crippen LogP) is -0.567. The summed E-state index contributed by atoms with van der Waals surface area (Å²) in [6, 6.07) is 0. The van der Waals surface area contributed by atoms with Gasteiger partial charge in [0.15, 0.2) is 0 Å². The van der Waals surface area contributed by atoms with Crippen LogP contribution in [0.5, 0.6) is 0 Å². The van der Waals surface area contributed by atoms with E-state index in [1.54, 1.807) is 0 Å². The molecule has 0 atom stereocenters. The fourth-order valence-electron chi connectivity index (χ4n) is 0. The minimum atomic E-state index is -4.67. The smallest absolute Gasteiger partial charge is 0.394 e. The van der Waals surface area contributed by atoms with Crippen molar-refractivity contribution in [2.24, 2.45) is 0 Å². The Hall–Kier alpha value is 0.327. The molecule has 9 heteroatoms. The summed E-state index contributed by atoms with van der Waals surface area (Å²) >= 11 is 0. The maximum Gasteiger partial charge on any atom is 0.394 e. The molecule has 0 amide bonds. The summed E-state index contributed by atoms with van der Waals surface area (Å²) in [6.07, 6.45) is 0. The molecule has 0 aromatic rings. The Morgan fingerprint density at radius 3 is 1.18 bits per heavy atom. The third kappa shape index (κ3) is 6700. The monoisotopic (exact) mass is 274 g/mol. The molecule has 0 aromatic heterocycles. The molecule has 0 aromatic carbocycles. The quantitative estimate of drug-likeness (QED) is 0.403. The van der Waals surface area contributed by atoms with E-state index in [0.717, 1.165) is 6.92 Å². The van der Waals surface area contributed by atoms with E-state index in [-0.39, 0.29) is 33.0 Å². The van der Waals surface area contributed by atoms with Gasteiger partial charge in [-0.15, -0.1) is 0 Å². The first-order valence-electron chi connectivity index (χ1n) is 1.63. The van der Waals surface area contributed by atoms with Crippen molar-refractivity contribution in [3.63, 3.8) is 0 Å². The Morgan fingerprint density at radius 2 is 1.18 bits per heavy atom. The SMILES string of the molecule is CC(=O)O.O=S(=O)(O)O.[Ni].[Ni]. The Balaban J connectivity index is -0.0000000383. The fourth-order valence-corrected chi connectivity index (χ4v) is 0. The van der Waals surface area contributed by atoms with E-state index in [2.05, 4.69) is 0 Å². The van der Waals surface area contributed by atoms with Gasteiger partial charge in [-0.1, -0.05) is 0 Å². The molecule has 11 heavy (non-hydrogen) atoms. The first-order chi connectivity index (χ1) is 3.73. The van der Waals surface area contributed by atoms with E-state index in [1.807, 2.05) is 0 Å². The number of hydrogen-bond acceptors (Lipinski definition) is 3. The van der Waals surface area contributed by atoms with Gasteiger partial charge in [-0.2, -0.15) is 8.42 Å². The van der Waals surface area contributed by atoms with Crippen molar-refractivity contribution in [1.82, 2.24) is 0 Å². The molecule has 0 unspecified atom stereocenters. The Bertz CT molecular complexity index is 161. The van der Waals surface area contributed by atoms with Gasteiger partial charge in [0.25, 0.3) is 5.97 Å². The van der Waals surface area contributed by atoms with Gasteiger partial charge in [-0.05, 0) is 0 Å². The van der Waals surface area contributed by atoms with Crippen LogP contribution in [0.3, 0.4) is 0 Å². The van der Waals surface area contributed by atoms with Crippen LogP contribution < -0.4 is 0 Å². The van der Waals surface area contributed by atoms with E-state index in [1.165, 1.54) is 0 Å². The molecule has 0 saturated heterocycles. The number of carboxylic acids is 1. The Labute approximate surface area is 83.8 Å². The first kappa shape index (κ1) is 22.5. The molecule has 0 aliphatic rings. The van der Waals surface area contributed by atoms with E-state index >= 15 is 0 Å². The van der Waals surface area contributed by atoms with Crippen molar-refractivity contribution >= 4 is 16.4 Å². The van der Waals surface area contributed by atoms with E-state index in [9.17, 15) is 0 Å². The van der Waals surface area contributed by atoms with Gasteiger partial charge in [0.05, 0.1) is 0 Å². The Morgan fingerprint density at radius 1 is 1.18 bits per heavy atom. The van der Waals surface area contributed by atoms with Gasteiger partial charge >= 0.3 is 10.4 Å². The van der Waals surface area contributed by atoms with E-state index in [0.29, 0.717) is 0 Å². The number of aliphatic carboxylic acids is 1. The number of hydrogen-bond donors (Lipinski definition) is 3. The summed E-state index contributed by atoms with van der Waals surface area (Å²) in [5.41, 5.74) is 0. The normalized spacial score (nSPS) is 7.55. The average Bonchev–Trinajstić information content (AvgIpc) is 1.19. The molecule has 0 aliphatic carbocycles. The van der Waals surface area contributed by atoms with Crippen LogP contribution in [0.25, 0.3) is 0 Å². The molecule has 6 nitrogen and oxygen atoms in total. The van der Waals surface area contributed by atoms with Gasteiger partial charge < -0.3 is 5.11 Å². The molecule has 0 saturated carbocycles. The summed E-state index contributed by atoms with van der Waals surface area (Å²) < 4.78 is 31.6. The molecule has 3 N–H and O–H groups in total. The van der Waals surface area contributed by atoms with Crippen molar-refractivity contribution < 1.29 is 60.4 Å². The van der Waals surface area contributed by atoms with Crippen LogP contribution >= 0.6 is 0 Å². The fraction of sp³-hybridized carbons (Fsp3) is 0.500. The standard InChI is InChI=1S/C2H4O2.2Ni.H2O4S/c1-2(3)4;;;1-5(2,3)4/h1H3,(H,3,4);;;(H2,1,2,3,4). The molecular weight excluding hydrogens is 269 g/mol. The zero-order chi connectivity index (χ0) is 8.08. The van der Waals surface area contributed by atoms with Crippen LogP contribution in [0.2, 0.25) is 0 Å². The molecule has 0 rings (SSSR count). The van der Waals surface area contributed by atoms with Gasteiger partial charge in [-0.25, -0.2) is 0 Å². The zero-order valence-corrected chi connectivity index (χ0v) is 7.90. The largest absolute Gasteiger partial charge is 0.481 e. The van der Waals surface area contributed by atoms with E-state index < -0.39 is 16.4 Å². The second-order valence-electron chi connectivity index (χ2n) is 0.967. The maximum absolute atomic E-state index is 9.00. The zero-order valence-electron chi connectivity index (χ0n) is 5.11. The molecule has 0 bridgehead atoms. The predicted molar refractivity (Wildman–Crippen MR) is 27.5 cm³/mol. The van der Waals surface area contributed by atoms with Crippen LogP contribution in [0, 0.1) is 0 Å². The summed E-state index contributed by atoms with van der Waals surface area (Å²) in [5, 5.41) is 7.42. The third-order valence-electron chi connectivity index (χ3n) is 0. The molecule has 0 fully saturated rings. The number of rotatable bonds is 0. The molecule has 76 valence electrons. The van der Waals surface area contributed by atoms with Gasteiger partial charge in [0.1, 0.15) is 0 Å². The van der Waals surface area contributed by atoms with Gasteiger partial charge in [0.2, 0.25) is 0 Å². The van der Waals surface area contributed by atoms with Crippen LogP contribution in [0.15, 0.2) is 0 Å². The minimum absolute atomic E-state index is 0. The van der Waals surface area contributed by atoms with Crippen LogP contribution in [-0.2, 0) is 48.2 Å². The molecular formula is C2H6Ni2O6S. The molecule has 0 spiro atoms. The van der Waals surface area contributed by atoms with Crippen molar-refractivity contribution in [1.29, 1.82) is 0 Å². The van der Waals surface area contributed by atoms with Crippen LogP contribution in [0.1, 0.15) is 6.92 Å². The van der Waals surface area contributed by atoms with Crippen molar-refractivity contribution in [3.8, 4) is 0 Å². The van der Waals surface area contributed by atoms with Gasteiger partial charge in [0, 0.05) is 39.9 Å². The van der Waals surface area contributed by atoms with Crippen molar-refractivity contribution in [3.05, 3.63) is 0 Å². The van der Waals surface area contributed by atoms with E-state index in [4.69, 9.17) is 27.4 Å². The summed E-state index contributed by atoms with van der Waals surface area (Å²) in [5.74, 6) is -0.833. The second kappa shape index (κ2) is 10.3. The molecule has 0 aliphatic heterocycles. The maximum atomic E-state index is 9.00. The molecule has 0 radical (unpaired) electrons. The number of carbonyl (C=O) groups is 1. The van der Waals surface area contributed by atoms with Crippen LogP contribution in [0.4, 0.5) is 0 Å². The topological polar surface area (TPSA) is 112 Å². The van der Waals surface area contributed by atoms with Crippen LogP contribution in [-0.4, -0.2) is 28.6 Å². The van der Waals surface area contributed by atoms with Gasteiger partial charge in [-0.3, -0.25) is 13.9 Å².